The van der Waals surface area contributed by atoms with Crippen molar-refractivity contribution in [2.24, 2.45) is 4.99 Å². The molecule has 0 saturated carbocycles. The summed E-state index contributed by atoms with van der Waals surface area (Å²) in [6.45, 7) is 1.96. The van der Waals surface area contributed by atoms with Gasteiger partial charge in [-0.05, 0) is 31.2 Å². The first-order chi connectivity index (χ1) is 9.61. The van der Waals surface area contributed by atoms with Crippen LogP contribution in [0.1, 0.15) is 5.56 Å². The number of nitrogens with zero attached hydrogens (tertiary/aromatic N) is 2. The molecule has 1 aromatic carbocycles. The Morgan fingerprint density at radius 1 is 1.10 bits per heavy atom. The van der Waals surface area contributed by atoms with Crippen molar-refractivity contribution in [2.45, 2.75) is 6.92 Å². The summed E-state index contributed by atoms with van der Waals surface area (Å²) >= 11 is 0. The lowest BCUT2D eigenvalue weighted by molar-refractivity contribution is -0.114. The van der Waals surface area contributed by atoms with Crippen LogP contribution in [0.5, 0.6) is 0 Å². The summed E-state index contributed by atoms with van der Waals surface area (Å²) in [5.41, 5.74) is 2.61. The maximum Gasteiger partial charge on any atom is 0.353 e. The van der Waals surface area contributed by atoms with Crippen LogP contribution in [0.25, 0.3) is 0 Å². The number of carbonyl (C=O) groups is 2. The Labute approximate surface area is 115 Å². The Morgan fingerprint density at radius 2 is 1.80 bits per heavy atom. The number of ketones is 1. The fourth-order valence-electron chi connectivity index (χ4n) is 2.23. The number of fused-ring (bicyclic) bond motifs is 1. The van der Waals surface area contributed by atoms with Crippen molar-refractivity contribution in [1.29, 1.82) is 0 Å². The fourth-order valence-corrected chi connectivity index (χ4v) is 2.23. The van der Waals surface area contributed by atoms with E-state index in [0.29, 0.717) is 17.1 Å². The third kappa shape index (κ3) is 1.75. The van der Waals surface area contributed by atoms with E-state index in [1.807, 2.05) is 31.2 Å². The predicted molar refractivity (Wildman–Crippen MR) is 74.7 cm³/mol. The minimum atomic E-state index is -0.423. The maximum absolute atomic E-state index is 12.1. The van der Waals surface area contributed by atoms with E-state index in [4.69, 9.17) is 4.74 Å². The van der Waals surface area contributed by atoms with Gasteiger partial charge in [-0.25, -0.2) is 4.79 Å². The second-order valence-corrected chi connectivity index (χ2v) is 4.53. The fraction of sp³-hybridized carbons (Fsp3) is 0.133. The summed E-state index contributed by atoms with van der Waals surface area (Å²) < 4.78 is 5.15. The lowest BCUT2D eigenvalue weighted by Gasteiger charge is -2.21. The summed E-state index contributed by atoms with van der Waals surface area (Å²) in [4.78, 5) is 29.3. The summed E-state index contributed by atoms with van der Waals surface area (Å²) in [5, 5.41) is 0. The van der Waals surface area contributed by atoms with Crippen LogP contribution in [0.2, 0.25) is 0 Å². The predicted octanol–water partition coefficient (Wildman–Crippen LogP) is 2.37. The van der Waals surface area contributed by atoms with E-state index in [1.165, 1.54) is 24.2 Å². The zero-order valence-electron chi connectivity index (χ0n) is 11.1. The van der Waals surface area contributed by atoms with Crippen LogP contribution in [0, 0.1) is 6.92 Å². The van der Waals surface area contributed by atoms with E-state index in [9.17, 15) is 9.59 Å². The molecule has 0 atom stereocenters. The van der Waals surface area contributed by atoms with Gasteiger partial charge in [0.05, 0.1) is 18.5 Å². The van der Waals surface area contributed by atoms with Crippen molar-refractivity contribution in [3.8, 4) is 0 Å². The molecule has 20 heavy (non-hydrogen) atoms. The van der Waals surface area contributed by atoms with Gasteiger partial charge in [-0.3, -0.25) is 9.69 Å². The number of methoxy groups -OCH3 is 1. The Kier molecular flexibility index (Phi) is 2.75. The van der Waals surface area contributed by atoms with Gasteiger partial charge in [0.25, 0.3) is 0 Å². The van der Waals surface area contributed by atoms with Gasteiger partial charge in [-0.2, -0.15) is 4.99 Å². The monoisotopic (exact) mass is 268 g/mol. The average molecular weight is 268 g/mol. The Hall–Kier alpha value is -2.69. The first-order valence-corrected chi connectivity index (χ1v) is 6.12. The molecule has 5 nitrogen and oxygen atoms in total. The third-order valence-corrected chi connectivity index (χ3v) is 3.20. The highest BCUT2D eigenvalue weighted by molar-refractivity contribution is 6.31. The Bertz CT molecular complexity index is 696. The molecule has 0 radical (unpaired) electrons. The molecule has 2 amide bonds. The lowest BCUT2D eigenvalue weighted by atomic mass is 10.1. The van der Waals surface area contributed by atoms with Crippen LogP contribution in [-0.2, 0) is 9.53 Å². The number of hydrogen-bond acceptors (Lipinski definition) is 3. The number of amides is 2. The van der Waals surface area contributed by atoms with E-state index in [-0.39, 0.29) is 11.5 Å². The number of carbonyl (C=O) groups excluding carboxylic acids is 2. The van der Waals surface area contributed by atoms with Gasteiger partial charge in [0.2, 0.25) is 5.78 Å². The molecule has 0 bridgehead atoms. The molecule has 2 aliphatic rings. The summed E-state index contributed by atoms with van der Waals surface area (Å²) in [6, 6.07) is 7.00. The molecular formula is C15H12N2O3. The molecule has 0 unspecified atom stereocenters. The number of rotatable bonds is 2. The topological polar surface area (TPSA) is 59.0 Å². The van der Waals surface area contributed by atoms with E-state index in [0.717, 1.165) is 5.56 Å². The van der Waals surface area contributed by atoms with Crippen molar-refractivity contribution in [1.82, 2.24) is 0 Å². The molecule has 1 aliphatic carbocycles. The number of anilines is 1. The molecule has 0 N–H and O–H groups in total. The largest absolute Gasteiger partial charge is 0.491 e. The molecule has 0 aromatic heterocycles. The molecule has 100 valence electrons. The second kappa shape index (κ2) is 4.45. The zero-order chi connectivity index (χ0) is 14.3. The van der Waals surface area contributed by atoms with Crippen molar-refractivity contribution >= 4 is 23.2 Å². The Balaban J connectivity index is 2.15. The van der Waals surface area contributed by atoms with Crippen molar-refractivity contribution in [3.05, 3.63) is 53.4 Å². The Morgan fingerprint density at radius 3 is 2.45 bits per heavy atom. The van der Waals surface area contributed by atoms with E-state index in [1.54, 1.807) is 0 Å². The molecule has 0 saturated heterocycles. The van der Waals surface area contributed by atoms with Gasteiger partial charge in [-0.1, -0.05) is 17.7 Å². The molecule has 0 fully saturated rings. The van der Waals surface area contributed by atoms with Gasteiger partial charge in [-0.15, -0.1) is 0 Å². The van der Waals surface area contributed by atoms with E-state index >= 15 is 0 Å². The van der Waals surface area contributed by atoms with Crippen molar-refractivity contribution in [2.75, 3.05) is 12.0 Å². The maximum atomic E-state index is 12.1. The van der Waals surface area contributed by atoms with Crippen molar-refractivity contribution < 1.29 is 14.3 Å². The molecule has 1 aliphatic heterocycles. The summed E-state index contributed by atoms with van der Waals surface area (Å²) in [5.74, 6) is -0.133. The van der Waals surface area contributed by atoms with Gasteiger partial charge in [0, 0.05) is 0 Å². The zero-order valence-corrected chi connectivity index (χ0v) is 11.1. The van der Waals surface area contributed by atoms with Crippen molar-refractivity contribution in [3.63, 3.8) is 0 Å². The highest BCUT2D eigenvalue weighted by Crippen LogP contribution is 2.31. The minimum absolute atomic E-state index is 0.137. The lowest BCUT2D eigenvalue weighted by Crippen LogP contribution is -2.28. The number of urea groups is 1. The molecule has 0 spiro atoms. The number of aliphatic imine (C=N–C) groups is 1. The molecule has 1 heterocycles. The summed E-state index contributed by atoms with van der Waals surface area (Å²) in [6.07, 6.45) is 2.89. The standard InChI is InChI=1S/C15H12N2O3/c1-9-3-5-10(6-4-9)17-13-11(16-15(17)19)7-8-12(18)14(13)20-2/h3-8H,1-2H3. The average Bonchev–Trinajstić information content (AvgIpc) is 2.76. The highest BCUT2D eigenvalue weighted by atomic mass is 16.5. The van der Waals surface area contributed by atoms with Crippen LogP contribution >= 0.6 is 0 Å². The van der Waals surface area contributed by atoms with Crippen LogP contribution in [0.15, 0.2) is 52.9 Å². The van der Waals surface area contributed by atoms with Crippen LogP contribution in [0.3, 0.4) is 0 Å². The minimum Gasteiger partial charge on any atom is -0.491 e. The summed E-state index contributed by atoms with van der Waals surface area (Å²) in [7, 11) is 1.41. The number of benzene rings is 1. The van der Waals surface area contributed by atoms with E-state index < -0.39 is 6.03 Å². The first kappa shape index (κ1) is 12.3. The molecule has 3 rings (SSSR count). The second-order valence-electron chi connectivity index (χ2n) is 4.53. The van der Waals surface area contributed by atoms with Gasteiger partial charge in [0.1, 0.15) is 5.70 Å². The third-order valence-electron chi connectivity index (χ3n) is 3.20. The van der Waals surface area contributed by atoms with E-state index in [2.05, 4.69) is 4.99 Å². The SMILES string of the molecule is COC1=C2C(=NC(=O)N2c2ccc(C)cc2)C=CC1=O. The number of allylic oxidation sites excluding steroid dienone is 2. The molecule has 1 aromatic rings. The molecular weight excluding hydrogens is 256 g/mol. The molecule has 5 heteroatoms. The normalized spacial score (nSPS) is 17.5. The number of hydrogen-bond donors (Lipinski definition) is 0. The quantitative estimate of drug-likeness (QED) is 0.774. The smallest absolute Gasteiger partial charge is 0.353 e. The highest BCUT2D eigenvalue weighted by Gasteiger charge is 2.36. The van der Waals surface area contributed by atoms with Gasteiger partial charge >= 0.3 is 6.03 Å². The van der Waals surface area contributed by atoms with Gasteiger partial charge < -0.3 is 4.74 Å². The number of ether oxygens (including phenoxy) is 1. The van der Waals surface area contributed by atoms with Crippen LogP contribution in [0.4, 0.5) is 10.5 Å². The van der Waals surface area contributed by atoms with Crippen LogP contribution < -0.4 is 4.90 Å². The van der Waals surface area contributed by atoms with Gasteiger partial charge in [0.15, 0.2) is 5.76 Å². The first-order valence-electron chi connectivity index (χ1n) is 6.12. The van der Waals surface area contributed by atoms with Crippen LogP contribution in [-0.4, -0.2) is 24.6 Å². The number of aryl methyl sites for hydroxylation is 1.